The third kappa shape index (κ3) is 3.27. The molecule has 0 aromatic rings. The molecule has 1 saturated heterocycles. The van der Waals surface area contributed by atoms with Crippen molar-refractivity contribution in [2.45, 2.75) is 25.1 Å². The van der Waals surface area contributed by atoms with Gasteiger partial charge in [0.25, 0.3) is 0 Å². The van der Waals surface area contributed by atoms with E-state index in [1.54, 1.807) is 4.90 Å². The fourth-order valence-corrected chi connectivity index (χ4v) is 2.58. The van der Waals surface area contributed by atoms with Crippen molar-refractivity contribution in [1.82, 2.24) is 4.90 Å². The van der Waals surface area contributed by atoms with Crippen LogP contribution in [0.2, 0.25) is 0 Å². The van der Waals surface area contributed by atoms with Crippen LogP contribution in [0.5, 0.6) is 0 Å². The number of hydrogen-bond acceptors (Lipinski definition) is 3. The normalized spacial score (nSPS) is 26.9. The van der Waals surface area contributed by atoms with Crippen LogP contribution in [0, 0.1) is 0 Å². The number of aliphatic carboxylic acids is 1. The monoisotopic (exact) mass is 229 g/mol. The molecular formula is C10H15NO3S. The molecule has 1 aliphatic heterocycles. The summed E-state index contributed by atoms with van der Waals surface area (Å²) in [4.78, 5) is 23.6. The Bertz CT molecular complexity index is 290. The van der Waals surface area contributed by atoms with Crippen LogP contribution in [-0.2, 0) is 9.59 Å². The first kappa shape index (κ1) is 12.1. The van der Waals surface area contributed by atoms with E-state index in [1.165, 1.54) is 0 Å². The zero-order valence-electron chi connectivity index (χ0n) is 8.84. The number of carboxylic acids is 1. The molecule has 0 radical (unpaired) electrons. The van der Waals surface area contributed by atoms with Crippen molar-refractivity contribution in [3.05, 3.63) is 12.2 Å². The summed E-state index contributed by atoms with van der Waals surface area (Å²) in [5, 5.41) is 8.82. The summed E-state index contributed by atoms with van der Waals surface area (Å²) in [6.07, 6.45) is 2.02. The van der Waals surface area contributed by atoms with Crippen LogP contribution in [-0.4, -0.2) is 45.5 Å². The molecule has 2 atom stereocenters. The van der Waals surface area contributed by atoms with Crippen LogP contribution in [0.3, 0.4) is 0 Å². The van der Waals surface area contributed by atoms with Crippen molar-refractivity contribution in [1.29, 1.82) is 0 Å². The summed E-state index contributed by atoms with van der Waals surface area (Å²) in [6, 6.07) is 0.162. The van der Waals surface area contributed by atoms with E-state index in [-0.39, 0.29) is 11.9 Å². The maximum Gasteiger partial charge on any atom is 0.328 e. The Morgan fingerprint density at radius 1 is 1.40 bits per heavy atom. The molecule has 1 aliphatic rings. The minimum absolute atomic E-state index is 0.162. The quantitative estimate of drug-likeness (QED) is 0.717. The lowest BCUT2D eigenvalue weighted by atomic mass is 10.2. The van der Waals surface area contributed by atoms with E-state index < -0.39 is 5.97 Å². The zero-order chi connectivity index (χ0) is 11.4. The van der Waals surface area contributed by atoms with Crippen LogP contribution in [0.1, 0.15) is 13.8 Å². The lowest BCUT2D eigenvalue weighted by Gasteiger charge is -2.36. The van der Waals surface area contributed by atoms with Crippen LogP contribution in [0.15, 0.2) is 12.2 Å². The topological polar surface area (TPSA) is 57.6 Å². The van der Waals surface area contributed by atoms with Gasteiger partial charge in [-0.25, -0.2) is 4.79 Å². The van der Waals surface area contributed by atoms with Crippen LogP contribution < -0.4 is 0 Å². The third-order valence-corrected chi connectivity index (χ3v) is 3.87. The number of amides is 1. The standard InChI is InChI=1S/C10H15NO3S/c1-7-8(2)15-6-5-11(7)9(12)3-4-10(13)14/h3-4,7-8H,5-6H2,1-2H3,(H,13,14)/b4-3-. The molecule has 1 rings (SSSR count). The van der Waals surface area contributed by atoms with Crippen molar-refractivity contribution in [2.75, 3.05) is 12.3 Å². The van der Waals surface area contributed by atoms with Crippen molar-refractivity contribution >= 4 is 23.6 Å². The summed E-state index contributed by atoms with van der Waals surface area (Å²) in [5.74, 6) is -0.384. The minimum atomic E-state index is -1.09. The molecule has 1 amide bonds. The Morgan fingerprint density at radius 2 is 2.07 bits per heavy atom. The summed E-state index contributed by atoms with van der Waals surface area (Å²) in [6.45, 7) is 4.76. The van der Waals surface area contributed by atoms with Gasteiger partial charge in [-0.05, 0) is 6.92 Å². The molecule has 0 aromatic heterocycles. The van der Waals surface area contributed by atoms with E-state index in [9.17, 15) is 9.59 Å². The molecule has 15 heavy (non-hydrogen) atoms. The van der Waals surface area contributed by atoms with Gasteiger partial charge in [-0.1, -0.05) is 6.92 Å². The number of carbonyl (C=O) groups excluding carboxylic acids is 1. The number of thioether (sulfide) groups is 1. The van der Waals surface area contributed by atoms with Gasteiger partial charge in [-0.2, -0.15) is 11.8 Å². The van der Waals surface area contributed by atoms with Gasteiger partial charge in [0, 0.05) is 35.7 Å². The van der Waals surface area contributed by atoms with Crippen molar-refractivity contribution in [3.8, 4) is 0 Å². The fraction of sp³-hybridized carbons (Fsp3) is 0.600. The fourth-order valence-electron chi connectivity index (χ4n) is 1.48. The van der Waals surface area contributed by atoms with Crippen LogP contribution in [0.25, 0.3) is 0 Å². The molecule has 1 fully saturated rings. The highest BCUT2D eigenvalue weighted by molar-refractivity contribution is 8.00. The average molecular weight is 229 g/mol. The van der Waals surface area contributed by atoms with Crippen LogP contribution in [0.4, 0.5) is 0 Å². The van der Waals surface area contributed by atoms with E-state index in [0.29, 0.717) is 11.8 Å². The molecule has 0 aliphatic carbocycles. The highest BCUT2D eigenvalue weighted by Crippen LogP contribution is 2.24. The first-order valence-corrected chi connectivity index (χ1v) is 5.90. The largest absolute Gasteiger partial charge is 0.478 e. The highest BCUT2D eigenvalue weighted by atomic mass is 32.2. The van der Waals surface area contributed by atoms with Crippen molar-refractivity contribution in [3.63, 3.8) is 0 Å². The van der Waals surface area contributed by atoms with Crippen LogP contribution >= 0.6 is 11.8 Å². The molecular weight excluding hydrogens is 214 g/mol. The number of rotatable bonds is 2. The molecule has 84 valence electrons. The Kier molecular flexibility index (Phi) is 4.20. The average Bonchev–Trinajstić information content (AvgIpc) is 2.18. The van der Waals surface area contributed by atoms with Gasteiger partial charge in [0.1, 0.15) is 0 Å². The van der Waals surface area contributed by atoms with Gasteiger partial charge in [-0.15, -0.1) is 0 Å². The van der Waals surface area contributed by atoms with Gasteiger partial charge in [0.2, 0.25) is 5.91 Å². The Labute approximate surface area is 93.3 Å². The number of hydrogen-bond donors (Lipinski definition) is 1. The van der Waals surface area contributed by atoms with Gasteiger partial charge in [0.05, 0.1) is 0 Å². The number of carbonyl (C=O) groups is 2. The molecule has 0 aromatic carbocycles. The molecule has 5 heteroatoms. The second-order valence-corrected chi connectivity index (χ2v) is 5.00. The Morgan fingerprint density at radius 3 is 2.67 bits per heavy atom. The van der Waals surface area contributed by atoms with Crippen molar-refractivity contribution in [2.24, 2.45) is 0 Å². The maximum absolute atomic E-state index is 11.6. The second-order valence-electron chi connectivity index (χ2n) is 3.52. The SMILES string of the molecule is CC1SCCN(C(=O)/C=C\C(=O)O)C1C. The van der Waals surface area contributed by atoms with Crippen molar-refractivity contribution < 1.29 is 14.7 Å². The highest BCUT2D eigenvalue weighted by Gasteiger charge is 2.27. The Balaban J connectivity index is 2.62. The van der Waals surface area contributed by atoms with E-state index in [4.69, 9.17) is 5.11 Å². The van der Waals surface area contributed by atoms with E-state index in [1.807, 2.05) is 18.7 Å². The molecule has 1 N–H and O–H groups in total. The summed E-state index contributed by atoms with van der Waals surface area (Å²) in [7, 11) is 0. The molecule has 0 bridgehead atoms. The molecule has 1 heterocycles. The van der Waals surface area contributed by atoms with Gasteiger partial charge >= 0.3 is 5.97 Å². The van der Waals surface area contributed by atoms with E-state index in [0.717, 1.165) is 17.9 Å². The summed E-state index contributed by atoms with van der Waals surface area (Å²) in [5.41, 5.74) is 0. The summed E-state index contributed by atoms with van der Waals surface area (Å²) < 4.78 is 0. The van der Waals surface area contributed by atoms with Gasteiger partial charge in [0.15, 0.2) is 0 Å². The first-order valence-electron chi connectivity index (χ1n) is 4.85. The van der Waals surface area contributed by atoms with E-state index >= 15 is 0 Å². The molecule has 4 nitrogen and oxygen atoms in total. The third-order valence-electron chi connectivity index (χ3n) is 2.54. The van der Waals surface area contributed by atoms with Gasteiger partial charge < -0.3 is 10.0 Å². The molecule has 0 spiro atoms. The number of carboxylic acid groups (broad SMARTS) is 1. The predicted molar refractivity (Wildman–Crippen MR) is 59.9 cm³/mol. The lowest BCUT2D eigenvalue weighted by Crippen LogP contribution is -2.47. The molecule has 0 saturated carbocycles. The Hall–Kier alpha value is -0.970. The second kappa shape index (κ2) is 5.21. The smallest absolute Gasteiger partial charge is 0.328 e. The zero-order valence-corrected chi connectivity index (χ0v) is 9.66. The summed E-state index contributed by atoms with van der Waals surface area (Å²) >= 11 is 1.84. The lowest BCUT2D eigenvalue weighted by molar-refractivity contribution is -0.132. The maximum atomic E-state index is 11.6. The minimum Gasteiger partial charge on any atom is -0.478 e. The first-order chi connectivity index (χ1) is 7.02. The molecule has 2 unspecified atom stereocenters. The van der Waals surface area contributed by atoms with E-state index in [2.05, 4.69) is 6.92 Å². The van der Waals surface area contributed by atoms with Gasteiger partial charge in [-0.3, -0.25) is 4.79 Å². The number of nitrogens with zero attached hydrogens (tertiary/aromatic N) is 1. The predicted octanol–water partition coefficient (Wildman–Crippen LogP) is 0.980.